The predicted octanol–water partition coefficient (Wildman–Crippen LogP) is -0.788. The number of aliphatic hydroxyl groups excluding tert-OH is 1. The van der Waals surface area contributed by atoms with Crippen LogP contribution in [0.2, 0.25) is 0 Å². The Hall–Kier alpha value is -0.260. The molecule has 0 fully saturated rings. The third-order valence-corrected chi connectivity index (χ3v) is 2.10. The Morgan fingerprint density at radius 3 is 2.91 bits per heavy atom. The molecule has 1 atom stereocenters. The number of aliphatic hydroxyl groups is 1. The molecule has 0 heterocycles. The monoisotopic (exact) mass is 179 g/mol. The fourth-order valence-corrected chi connectivity index (χ4v) is 1.18. The van der Waals surface area contributed by atoms with Gasteiger partial charge in [0.25, 0.3) is 0 Å². The number of hydrogen-bond donors (Lipinski definition) is 2. The topological polar surface area (TPSA) is 72.5 Å². The van der Waals surface area contributed by atoms with Crippen molar-refractivity contribution < 1.29 is 14.6 Å². The molecule has 66 valence electrons. The highest BCUT2D eigenvalue weighted by atomic mass is 32.2. The number of thioether (sulfide) groups is 1. The van der Waals surface area contributed by atoms with Gasteiger partial charge in [-0.25, -0.2) is 0 Å². The summed E-state index contributed by atoms with van der Waals surface area (Å²) in [6.45, 7) is 0.110. The Morgan fingerprint density at radius 2 is 2.45 bits per heavy atom. The van der Waals surface area contributed by atoms with Crippen molar-refractivity contribution in [2.24, 2.45) is 5.73 Å². The molecule has 0 aromatic heterocycles. The lowest BCUT2D eigenvalue weighted by Gasteiger charge is -2.07. The Labute approximate surface area is 70.1 Å². The van der Waals surface area contributed by atoms with Gasteiger partial charge in [-0.2, -0.15) is 11.8 Å². The fourth-order valence-electron chi connectivity index (χ4n) is 0.494. The lowest BCUT2D eigenvalue weighted by atomic mass is 10.4. The molecule has 0 aliphatic carbocycles. The molecule has 5 heteroatoms. The first kappa shape index (κ1) is 10.7. The van der Waals surface area contributed by atoms with Crippen LogP contribution in [-0.4, -0.2) is 42.3 Å². The first-order valence-corrected chi connectivity index (χ1v) is 4.40. The van der Waals surface area contributed by atoms with Crippen LogP contribution < -0.4 is 5.73 Å². The third kappa shape index (κ3) is 5.06. The molecule has 0 aliphatic rings. The van der Waals surface area contributed by atoms with E-state index in [-0.39, 0.29) is 6.61 Å². The zero-order valence-corrected chi connectivity index (χ0v) is 7.26. The van der Waals surface area contributed by atoms with E-state index >= 15 is 0 Å². The fraction of sp³-hybridized carbons (Fsp3) is 0.833. The first-order valence-electron chi connectivity index (χ1n) is 3.24. The zero-order chi connectivity index (χ0) is 8.69. The highest BCUT2D eigenvalue weighted by Gasteiger charge is 2.12. The van der Waals surface area contributed by atoms with Gasteiger partial charge in [-0.3, -0.25) is 4.79 Å². The van der Waals surface area contributed by atoms with Crippen molar-refractivity contribution in [3.63, 3.8) is 0 Å². The normalized spacial score (nSPS) is 12.6. The predicted molar refractivity (Wildman–Crippen MR) is 44.4 cm³/mol. The first-order chi connectivity index (χ1) is 5.22. The highest BCUT2D eigenvalue weighted by molar-refractivity contribution is 7.99. The van der Waals surface area contributed by atoms with E-state index < -0.39 is 12.0 Å². The van der Waals surface area contributed by atoms with Crippen molar-refractivity contribution in [1.82, 2.24) is 0 Å². The van der Waals surface area contributed by atoms with Gasteiger partial charge in [0.2, 0.25) is 0 Å². The Bertz CT molecular complexity index is 120. The van der Waals surface area contributed by atoms with Crippen LogP contribution in [0.5, 0.6) is 0 Å². The van der Waals surface area contributed by atoms with Crippen LogP contribution in [0.25, 0.3) is 0 Å². The van der Waals surface area contributed by atoms with Gasteiger partial charge >= 0.3 is 5.97 Å². The Kier molecular flexibility index (Phi) is 6.30. The molecular weight excluding hydrogens is 166 g/mol. The second-order valence-corrected chi connectivity index (χ2v) is 3.08. The summed E-state index contributed by atoms with van der Waals surface area (Å²) < 4.78 is 4.40. The second kappa shape index (κ2) is 6.45. The van der Waals surface area contributed by atoms with Crippen LogP contribution in [0.3, 0.4) is 0 Å². The van der Waals surface area contributed by atoms with E-state index in [1.165, 1.54) is 18.9 Å². The average molecular weight is 179 g/mol. The van der Waals surface area contributed by atoms with E-state index in [1.807, 2.05) is 0 Å². The summed E-state index contributed by atoms with van der Waals surface area (Å²) in [7, 11) is 1.30. The summed E-state index contributed by atoms with van der Waals surface area (Å²) in [5.41, 5.74) is 5.39. The molecule has 0 bridgehead atoms. The van der Waals surface area contributed by atoms with Crippen molar-refractivity contribution in [2.45, 2.75) is 6.04 Å². The van der Waals surface area contributed by atoms with E-state index in [1.54, 1.807) is 0 Å². The van der Waals surface area contributed by atoms with Gasteiger partial charge in [0, 0.05) is 11.5 Å². The van der Waals surface area contributed by atoms with Crippen LogP contribution in [0.4, 0.5) is 0 Å². The minimum Gasteiger partial charge on any atom is -0.468 e. The maximum Gasteiger partial charge on any atom is 0.323 e. The van der Waals surface area contributed by atoms with E-state index in [0.29, 0.717) is 11.5 Å². The van der Waals surface area contributed by atoms with E-state index in [9.17, 15) is 4.79 Å². The van der Waals surface area contributed by atoms with Gasteiger partial charge in [0.15, 0.2) is 0 Å². The van der Waals surface area contributed by atoms with E-state index in [0.717, 1.165) is 0 Å². The van der Waals surface area contributed by atoms with Gasteiger partial charge in [-0.15, -0.1) is 0 Å². The largest absolute Gasteiger partial charge is 0.468 e. The van der Waals surface area contributed by atoms with Crippen LogP contribution in [0.15, 0.2) is 0 Å². The summed E-state index contributed by atoms with van der Waals surface area (Å²) >= 11 is 1.43. The molecule has 0 saturated heterocycles. The standard InChI is InChI=1S/C6H13NO3S/c1-10-6(9)5(7)4-11-3-2-8/h5,8H,2-4,7H2,1H3. The highest BCUT2D eigenvalue weighted by Crippen LogP contribution is 2.00. The van der Waals surface area contributed by atoms with Crippen molar-refractivity contribution in [3.05, 3.63) is 0 Å². The molecule has 0 radical (unpaired) electrons. The molecular formula is C6H13NO3S. The minimum atomic E-state index is -0.573. The molecule has 3 N–H and O–H groups in total. The molecule has 0 saturated carbocycles. The summed E-state index contributed by atoms with van der Waals surface area (Å²) in [6, 6.07) is -0.573. The molecule has 0 amide bonds. The van der Waals surface area contributed by atoms with Gasteiger partial charge in [-0.1, -0.05) is 0 Å². The molecule has 0 aromatic rings. The summed E-state index contributed by atoms with van der Waals surface area (Å²) in [5, 5.41) is 8.40. The number of carbonyl (C=O) groups excluding carboxylic acids is 1. The Morgan fingerprint density at radius 1 is 1.82 bits per heavy atom. The summed E-state index contributed by atoms with van der Waals surface area (Å²) in [5.74, 6) is 0.688. The molecule has 0 spiro atoms. The quantitative estimate of drug-likeness (QED) is 0.427. The van der Waals surface area contributed by atoms with Crippen molar-refractivity contribution >= 4 is 17.7 Å². The van der Waals surface area contributed by atoms with Crippen molar-refractivity contribution in [3.8, 4) is 0 Å². The van der Waals surface area contributed by atoms with E-state index in [2.05, 4.69) is 4.74 Å². The van der Waals surface area contributed by atoms with E-state index in [4.69, 9.17) is 10.8 Å². The molecule has 0 aliphatic heterocycles. The van der Waals surface area contributed by atoms with Gasteiger partial charge in [-0.05, 0) is 0 Å². The van der Waals surface area contributed by atoms with Gasteiger partial charge in [0.05, 0.1) is 13.7 Å². The molecule has 11 heavy (non-hydrogen) atoms. The lowest BCUT2D eigenvalue weighted by Crippen LogP contribution is -2.34. The third-order valence-electron chi connectivity index (χ3n) is 1.04. The van der Waals surface area contributed by atoms with Crippen molar-refractivity contribution in [1.29, 1.82) is 0 Å². The number of esters is 1. The number of hydrogen-bond acceptors (Lipinski definition) is 5. The second-order valence-electron chi connectivity index (χ2n) is 1.93. The molecule has 0 rings (SSSR count). The molecule has 1 unspecified atom stereocenters. The summed E-state index contributed by atoms with van der Waals surface area (Å²) in [4.78, 5) is 10.7. The number of rotatable bonds is 5. The van der Waals surface area contributed by atoms with Crippen LogP contribution in [-0.2, 0) is 9.53 Å². The summed E-state index contributed by atoms with van der Waals surface area (Å²) in [6.07, 6.45) is 0. The van der Waals surface area contributed by atoms with Gasteiger partial charge in [0.1, 0.15) is 6.04 Å². The van der Waals surface area contributed by atoms with Crippen LogP contribution >= 0.6 is 11.8 Å². The molecule has 0 aromatic carbocycles. The SMILES string of the molecule is COC(=O)C(N)CSCCO. The smallest absolute Gasteiger partial charge is 0.323 e. The lowest BCUT2D eigenvalue weighted by molar-refractivity contribution is -0.141. The minimum absolute atomic E-state index is 0.110. The van der Waals surface area contributed by atoms with Crippen LogP contribution in [0, 0.1) is 0 Å². The van der Waals surface area contributed by atoms with Gasteiger partial charge < -0.3 is 15.6 Å². The maximum atomic E-state index is 10.7. The maximum absolute atomic E-state index is 10.7. The number of carbonyl (C=O) groups is 1. The number of ether oxygens (including phenoxy) is 1. The number of nitrogens with two attached hydrogens (primary N) is 1. The zero-order valence-electron chi connectivity index (χ0n) is 6.45. The number of methoxy groups -OCH3 is 1. The molecule has 4 nitrogen and oxygen atoms in total. The average Bonchev–Trinajstić information content (AvgIpc) is 2.03. The Balaban J connectivity index is 3.36. The van der Waals surface area contributed by atoms with Crippen molar-refractivity contribution in [2.75, 3.05) is 25.2 Å². The van der Waals surface area contributed by atoms with Crippen LogP contribution in [0.1, 0.15) is 0 Å².